The third-order valence-electron chi connectivity index (χ3n) is 4.87. The lowest BCUT2D eigenvalue weighted by Gasteiger charge is -2.03. The van der Waals surface area contributed by atoms with Crippen molar-refractivity contribution in [2.75, 3.05) is 6.61 Å². The third kappa shape index (κ3) is 6.02. The first kappa shape index (κ1) is 23.6. The van der Waals surface area contributed by atoms with Crippen molar-refractivity contribution in [3.05, 3.63) is 95.9 Å². The molecular formula is C27H29NO3S. The van der Waals surface area contributed by atoms with E-state index in [4.69, 9.17) is 8.60 Å². The van der Waals surface area contributed by atoms with Crippen LogP contribution in [0.3, 0.4) is 0 Å². The standard InChI is InChI=1S/C25H23NO3S.C2H6/c1-18-8-14-23(15-9-18)30(27)28-17-16-24-19(2)29-25(26-24)22-12-10-21(11-13-22)20-6-4-3-5-7-20;1-2/h3-15H,16-17H2,1-2H3;1-2H3. The number of aryl methyl sites for hydroxylation is 2. The SMILES string of the molecule is CC.Cc1ccc(S(=O)OCCc2nc(-c3ccc(-c4ccccc4)cc3)oc2C)cc1. The maximum Gasteiger partial charge on any atom is 0.226 e. The molecular weight excluding hydrogens is 418 g/mol. The van der Waals surface area contributed by atoms with Crippen LogP contribution in [-0.4, -0.2) is 15.8 Å². The molecule has 0 bridgehead atoms. The summed E-state index contributed by atoms with van der Waals surface area (Å²) in [7, 11) is 0. The Hall–Kier alpha value is -3.02. The van der Waals surface area contributed by atoms with Gasteiger partial charge in [-0.05, 0) is 49.2 Å². The van der Waals surface area contributed by atoms with E-state index in [2.05, 4.69) is 29.2 Å². The molecule has 0 spiro atoms. The van der Waals surface area contributed by atoms with Gasteiger partial charge in [0.2, 0.25) is 5.89 Å². The quantitative estimate of drug-likeness (QED) is 0.308. The molecule has 0 saturated heterocycles. The second-order valence-corrected chi connectivity index (χ2v) is 8.26. The molecule has 4 aromatic rings. The molecule has 3 aromatic carbocycles. The highest BCUT2D eigenvalue weighted by Gasteiger charge is 2.13. The number of rotatable bonds is 7. The van der Waals surface area contributed by atoms with E-state index in [1.165, 1.54) is 5.56 Å². The number of oxazole rings is 1. The van der Waals surface area contributed by atoms with Crippen LogP contribution >= 0.6 is 0 Å². The highest BCUT2D eigenvalue weighted by atomic mass is 32.2. The summed E-state index contributed by atoms with van der Waals surface area (Å²) in [5.74, 6) is 1.34. The van der Waals surface area contributed by atoms with Crippen LogP contribution in [-0.2, 0) is 21.7 Å². The van der Waals surface area contributed by atoms with E-state index >= 15 is 0 Å². The van der Waals surface area contributed by atoms with Crippen LogP contribution in [0.5, 0.6) is 0 Å². The van der Waals surface area contributed by atoms with E-state index in [0.29, 0.717) is 23.8 Å². The van der Waals surface area contributed by atoms with Crippen LogP contribution in [0.15, 0.2) is 88.2 Å². The van der Waals surface area contributed by atoms with Crippen LogP contribution in [0.4, 0.5) is 0 Å². The van der Waals surface area contributed by atoms with Gasteiger partial charge in [0.25, 0.3) is 0 Å². The fraction of sp³-hybridized carbons (Fsp3) is 0.222. The lowest BCUT2D eigenvalue weighted by atomic mass is 10.0. The summed E-state index contributed by atoms with van der Waals surface area (Å²) < 4.78 is 23.6. The molecule has 1 atom stereocenters. The van der Waals surface area contributed by atoms with Crippen molar-refractivity contribution in [2.24, 2.45) is 0 Å². The first-order valence-corrected chi connectivity index (χ1v) is 11.9. The topological polar surface area (TPSA) is 52.3 Å². The van der Waals surface area contributed by atoms with E-state index in [0.717, 1.165) is 28.1 Å². The normalized spacial score (nSPS) is 11.5. The molecule has 0 radical (unpaired) electrons. The summed E-state index contributed by atoms with van der Waals surface area (Å²) in [6, 6.07) is 25.9. The van der Waals surface area contributed by atoms with Crippen LogP contribution in [0.2, 0.25) is 0 Å². The Balaban J connectivity index is 0.00000141. The first-order valence-electron chi connectivity index (χ1n) is 10.8. The van der Waals surface area contributed by atoms with Gasteiger partial charge in [-0.1, -0.05) is 74.0 Å². The van der Waals surface area contributed by atoms with Gasteiger partial charge in [-0.2, -0.15) is 0 Å². The number of aromatic nitrogens is 1. The summed E-state index contributed by atoms with van der Waals surface area (Å²) in [4.78, 5) is 5.28. The minimum atomic E-state index is -1.48. The fourth-order valence-electron chi connectivity index (χ4n) is 3.15. The largest absolute Gasteiger partial charge is 0.441 e. The van der Waals surface area contributed by atoms with Gasteiger partial charge >= 0.3 is 0 Å². The van der Waals surface area contributed by atoms with Crippen molar-refractivity contribution >= 4 is 11.1 Å². The number of hydrogen-bond acceptors (Lipinski definition) is 4. The smallest absolute Gasteiger partial charge is 0.226 e. The van der Waals surface area contributed by atoms with Gasteiger partial charge < -0.3 is 4.42 Å². The summed E-state index contributed by atoms with van der Waals surface area (Å²) in [6.45, 7) is 8.19. The monoisotopic (exact) mass is 447 g/mol. The van der Waals surface area contributed by atoms with Gasteiger partial charge in [-0.15, -0.1) is 0 Å². The summed E-state index contributed by atoms with van der Waals surface area (Å²) in [5, 5.41) is 0. The average Bonchev–Trinajstić information content (AvgIpc) is 3.22. The molecule has 4 nitrogen and oxygen atoms in total. The fourth-order valence-corrected chi connectivity index (χ4v) is 3.88. The van der Waals surface area contributed by atoms with Gasteiger partial charge in [-0.3, -0.25) is 4.18 Å². The Labute approximate surface area is 193 Å². The molecule has 4 rings (SSSR count). The molecule has 1 aromatic heterocycles. The molecule has 0 saturated carbocycles. The predicted octanol–water partition coefficient (Wildman–Crippen LogP) is 6.93. The van der Waals surface area contributed by atoms with Crippen LogP contribution in [0, 0.1) is 13.8 Å². The van der Waals surface area contributed by atoms with Gasteiger partial charge in [0.1, 0.15) is 5.76 Å². The minimum absolute atomic E-state index is 0.306. The lowest BCUT2D eigenvalue weighted by Crippen LogP contribution is -2.03. The van der Waals surface area contributed by atoms with Crippen molar-refractivity contribution in [1.29, 1.82) is 0 Å². The number of nitrogens with zero attached hydrogens (tertiary/aromatic N) is 1. The summed E-state index contributed by atoms with van der Waals surface area (Å²) in [6.07, 6.45) is 0.537. The van der Waals surface area contributed by atoms with E-state index in [-0.39, 0.29) is 0 Å². The molecule has 32 heavy (non-hydrogen) atoms. The number of benzene rings is 3. The Morgan fingerprint density at radius 1 is 0.812 bits per heavy atom. The van der Waals surface area contributed by atoms with E-state index < -0.39 is 11.1 Å². The Morgan fingerprint density at radius 2 is 1.41 bits per heavy atom. The Morgan fingerprint density at radius 3 is 2.06 bits per heavy atom. The van der Waals surface area contributed by atoms with Crippen LogP contribution < -0.4 is 0 Å². The van der Waals surface area contributed by atoms with E-state index in [1.54, 1.807) is 0 Å². The molecule has 5 heteroatoms. The Kier molecular flexibility index (Phi) is 8.54. The van der Waals surface area contributed by atoms with Crippen LogP contribution in [0.25, 0.3) is 22.6 Å². The highest BCUT2D eigenvalue weighted by molar-refractivity contribution is 7.80. The third-order valence-corrected chi connectivity index (χ3v) is 5.91. The maximum absolute atomic E-state index is 12.3. The zero-order valence-corrected chi connectivity index (χ0v) is 19.8. The van der Waals surface area contributed by atoms with Crippen molar-refractivity contribution in [1.82, 2.24) is 4.98 Å². The van der Waals surface area contributed by atoms with Crippen molar-refractivity contribution in [3.63, 3.8) is 0 Å². The molecule has 0 amide bonds. The molecule has 0 aliphatic heterocycles. The van der Waals surface area contributed by atoms with Gasteiger partial charge in [0.15, 0.2) is 11.1 Å². The molecule has 1 heterocycles. The second kappa shape index (κ2) is 11.6. The minimum Gasteiger partial charge on any atom is -0.441 e. The predicted molar refractivity (Wildman–Crippen MR) is 131 cm³/mol. The van der Waals surface area contributed by atoms with Gasteiger partial charge in [0.05, 0.1) is 17.2 Å². The molecule has 166 valence electrons. The van der Waals surface area contributed by atoms with E-state index in [1.807, 2.05) is 82.3 Å². The molecule has 0 aliphatic carbocycles. The van der Waals surface area contributed by atoms with Crippen molar-refractivity contribution in [3.8, 4) is 22.6 Å². The molecule has 1 unspecified atom stereocenters. The number of hydrogen-bond donors (Lipinski definition) is 0. The first-order chi connectivity index (χ1) is 15.6. The Bertz CT molecular complexity index is 1130. The summed E-state index contributed by atoms with van der Waals surface area (Å²) in [5.41, 5.74) is 5.19. The molecule has 0 fully saturated rings. The average molecular weight is 448 g/mol. The lowest BCUT2D eigenvalue weighted by molar-refractivity contribution is 0.349. The van der Waals surface area contributed by atoms with Crippen molar-refractivity contribution < 1.29 is 12.8 Å². The highest BCUT2D eigenvalue weighted by Crippen LogP contribution is 2.26. The molecule has 0 aliphatic rings. The van der Waals surface area contributed by atoms with Gasteiger partial charge in [-0.25, -0.2) is 9.19 Å². The van der Waals surface area contributed by atoms with E-state index in [9.17, 15) is 4.21 Å². The zero-order chi connectivity index (χ0) is 22.9. The van der Waals surface area contributed by atoms with Gasteiger partial charge in [0, 0.05) is 12.0 Å². The second-order valence-electron chi connectivity index (χ2n) is 7.09. The summed E-state index contributed by atoms with van der Waals surface area (Å²) >= 11 is -1.48. The molecule has 0 N–H and O–H groups in total. The zero-order valence-electron chi connectivity index (χ0n) is 19.0. The van der Waals surface area contributed by atoms with Crippen molar-refractivity contribution in [2.45, 2.75) is 39.0 Å². The van der Waals surface area contributed by atoms with Crippen LogP contribution in [0.1, 0.15) is 30.9 Å². The maximum atomic E-state index is 12.3.